The van der Waals surface area contributed by atoms with Gasteiger partial charge in [0.05, 0.1) is 3.79 Å². The molecule has 0 amide bonds. The van der Waals surface area contributed by atoms with Crippen LogP contribution >= 0.6 is 27.3 Å². The molecule has 108 valence electrons. The number of nitrogen functional groups attached to an aromatic ring is 1. The third-order valence-electron chi connectivity index (χ3n) is 2.83. The predicted octanol–water partition coefficient (Wildman–Crippen LogP) is 3.30. The number of hydrogen-bond donors (Lipinski definition) is 1. The number of hydrogen-bond acceptors (Lipinski definition) is 4. The second-order valence-electron chi connectivity index (χ2n) is 4.23. The lowest BCUT2D eigenvalue weighted by Gasteiger charge is -2.19. The molecule has 7 heteroatoms. The summed E-state index contributed by atoms with van der Waals surface area (Å²) < 4.78 is 27.7. The van der Waals surface area contributed by atoms with Crippen molar-refractivity contribution in [1.82, 2.24) is 4.31 Å². The molecule has 1 heterocycles. The SMILES string of the molecule is CCN(Cc1ccc(N)cc1)S(=O)(=O)c1ccc(Br)s1. The minimum Gasteiger partial charge on any atom is -0.399 e. The molecule has 0 spiro atoms. The molecule has 0 fully saturated rings. The van der Waals surface area contributed by atoms with Crippen molar-refractivity contribution in [2.45, 2.75) is 17.7 Å². The maximum absolute atomic E-state index is 12.5. The Hall–Kier alpha value is -0.890. The quantitative estimate of drug-likeness (QED) is 0.816. The van der Waals surface area contributed by atoms with Crippen LogP contribution in [-0.4, -0.2) is 19.3 Å². The van der Waals surface area contributed by atoms with Gasteiger partial charge in [0, 0.05) is 18.8 Å². The standard InChI is InChI=1S/C13H15BrN2O2S2/c1-2-16(9-10-3-5-11(15)6-4-10)20(17,18)13-8-7-12(14)19-13/h3-8H,2,9,15H2,1H3. The summed E-state index contributed by atoms with van der Waals surface area (Å²) in [5.41, 5.74) is 7.22. The van der Waals surface area contributed by atoms with Gasteiger partial charge in [-0.3, -0.25) is 0 Å². The molecule has 2 aromatic rings. The van der Waals surface area contributed by atoms with Crippen molar-refractivity contribution < 1.29 is 8.42 Å². The first kappa shape index (κ1) is 15.5. The van der Waals surface area contributed by atoms with Crippen LogP contribution in [0.2, 0.25) is 0 Å². The van der Waals surface area contributed by atoms with Crippen LogP contribution in [0.25, 0.3) is 0 Å². The number of sulfonamides is 1. The number of halogens is 1. The van der Waals surface area contributed by atoms with Crippen molar-refractivity contribution in [3.8, 4) is 0 Å². The summed E-state index contributed by atoms with van der Waals surface area (Å²) in [6.45, 7) is 2.59. The summed E-state index contributed by atoms with van der Waals surface area (Å²) in [7, 11) is -3.45. The fourth-order valence-corrected chi connectivity index (χ4v) is 5.36. The van der Waals surface area contributed by atoms with Crippen molar-refractivity contribution in [1.29, 1.82) is 0 Å². The number of benzene rings is 1. The predicted molar refractivity (Wildman–Crippen MR) is 86.1 cm³/mol. The molecule has 0 aliphatic rings. The highest BCUT2D eigenvalue weighted by molar-refractivity contribution is 9.11. The third kappa shape index (κ3) is 3.41. The van der Waals surface area contributed by atoms with E-state index >= 15 is 0 Å². The van der Waals surface area contributed by atoms with Crippen LogP contribution < -0.4 is 5.73 Å². The Morgan fingerprint density at radius 1 is 1.20 bits per heavy atom. The lowest BCUT2D eigenvalue weighted by molar-refractivity contribution is 0.425. The molecule has 0 unspecified atom stereocenters. The summed E-state index contributed by atoms with van der Waals surface area (Å²) in [5, 5.41) is 0. The fourth-order valence-electron chi connectivity index (χ4n) is 1.76. The molecule has 0 aliphatic carbocycles. The zero-order chi connectivity index (χ0) is 14.8. The van der Waals surface area contributed by atoms with E-state index in [-0.39, 0.29) is 0 Å². The van der Waals surface area contributed by atoms with Crippen molar-refractivity contribution >= 4 is 43.0 Å². The van der Waals surface area contributed by atoms with Crippen LogP contribution in [-0.2, 0) is 16.6 Å². The Morgan fingerprint density at radius 3 is 2.35 bits per heavy atom. The van der Waals surface area contributed by atoms with E-state index in [4.69, 9.17) is 5.73 Å². The molecule has 1 aromatic carbocycles. The van der Waals surface area contributed by atoms with Gasteiger partial charge in [-0.15, -0.1) is 11.3 Å². The number of thiophene rings is 1. The molecule has 0 bridgehead atoms. The van der Waals surface area contributed by atoms with Gasteiger partial charge in [0.2, 0.25) is 0 Å². The molecule has 0 atom stereocenters. The third-order valence-corrected chi connectivity index (χ3v) is 6.85. The van der Waals surface area contributed by atoms with Gasteiger partial charge in [0.15, 0.2) is 0 Å². The van der Waals surface area contributed by atoms with Crippen molar-refractivity contribution in [2.24, 2.45) is 0 Å². The monoisotopic (exact) mass is 374 g/mol. The van der Waals surface area contributed by atoms with E-state index in [0.29, 0.717) is 23.0 Å². The second-order valence-corrected chi connectivity index (χ2v) is 8.86. The van der Waals surface area contributed by atoms with E-state index in [1.165, 1.54) is 15.6 Å². The highest BCUT2D eigenvalue weighted by atomic mass is 79.9. The smallest absolute Gasteiger partial charge is 0.252 e. The molecular weight excluding hydrogens is 360 g/mol. The first-order valence-corrected chi connectivity index (χ1v) is 9.08. The normalized spacial score (nSPS) is 11.9. The highest BCUT2D eigenvalue weighted by Crippen LogP contribution is 2.29. The Bertz CT molecular complexity index is 681. The van der Waals surface area contributed by atoms with Gasteiger partial charge in [0.25, 0.3) is 10.0 Å². The second kappa shape index (κ2) is 6.26. The molecule has 2 rings (SSSR count). The number of anilines is 1. The lowest BCUT2D eigenvalue weighted by Crippen LogP contribution is -2.29. The van der Waals surface area contributed by atoms with E-state index < -0.39 is 10.0 Å². The topological polar surface area (TPSA) is 63.4 Å². The summed E-state index contributed by atoms with van der Waals surface area (Å²) >= 11 is 4.51. The highest BCUT2D eigenvalue weighted by Gasteiger charge is 2.24. The maximum atomic E-state index is 12.5. The van der Waals surface area contributed by atoms with Crippen molar-refractivity contribution in [2.75, 3.05) is 12.3 Å². The van der Waals surface area contributed by atoms with Gasteiger partial charge in [0.1, 0.15) is 4.21 Å². The minimum atomic E-state index is -3.45. The van der Waals surface area contributed by atoms with Gasteiger partial charge in [-0.1, -0.05) is 19.1 Å². The Morgan fingerprint density at radius 2 is 1.85 bits per heavy atom. The Labute approximate surface area is 131 Å². The summed E-state index contributed by atoms with van der Waals surface area (Å²) in [6.07, 6.45) is 0. The average Bonchev–Trinajstić information content (AvgIpc) is 2.85. The summed E-state index contributed by atoms with van der Waals surface area (Å²) in [6, 6.07) is 10.6. The summed E-state index contributed by atoms with van der Waals surface area (Å²) in [5.74, 6) is 0. The Kier molecular flexibility index (Phi) is 4.85. The largest absolute Gasteiger partial charge is 0.399 e. The molecule has 0 aliphatic heterocycles. The average molecular weight is 375 g/mol. The van der Waals surface area contributed by atoms with Crippen LogP contribution in [0.3, 0.4) is 0 Å². The van der Waals surface area contributed by atoms with E-state index in [2.05, 4.69) is 15.9 Å². The van der Waals surface area contributed by atoms with Crippen LogP contribution in [0.1, 0.15) is 12.5 Å². The van der Waals surface area contributed by atoms with E-state index in [9.17, 15) is 8.42 Å². The first-order valence-electron chi connectivity index (χ1n) is 6.03. The van der Waals surface area contributed by atoms with E-state index in [1.54, 1.807) is 24.3 Å². The van der Waals surface area contributed by atoms with Gasteiger partial charge in [-0.2, -0.15) is 4.31 Å². The maximum Gasteiger partial charge on any atom is 0.252 e. The van der Waals surface area contributed by atoms with Gasteiger partial charge in [-0.05, 0) is 45.8 Å². The van der Waals surface area contributed by atoms with Gasteiger partial charge >= 0.3 is 0 Å². The van der Waals surface area contributed by atoms with Crippen LogP contribution in [0.4, 0.5) is 5.69 Å². The Balaban J connectivity index is 2.25. The minimum absolute atomic E-state index is 0.342. The number of rotatable bonds is 5. The van der Waals surface area contributed by atoms with E-state index in [0.717, 1.165) is 9.35 Å². The van der Waals surface area contributed by atoms with Crippen molar-refractivity contribution in [3.63, 3.8) is 0 Å². The number of nitrogens with zero attached hydrogens (tertiary/aromatic N) is 1. The van der Waals surface area contributed by atoms with Gasteiger partial charge in [-0.25, -0.2) is 8.42 Å². The zero-order valence-electron chi connectivity index (χ0n) is 10.9. The van der Waals surface area contributed by atoms with Crippen LogP contribution in [0.15, 0.2) is 44.4 Å². The molecule has 4 nitrogen and oxygen atoms in total. The lowest BCUT2D eigenvalue weighted by atomic mass is 10.2. The van der Waals surface area contributed by atoms with E-state index in [1.807, 2.05) is 19.1 Å². The molecule has 0 saturated heterocycles. The van der Waals surface area contributed by atoms with Gasteiger partial charge < -0.3 is 5.73 Å². The van der Waals surface area contributed by atoms with Crippen LogP contribution in [0, 0.1) is 0 Å². The van der Waals surface area contributed by atoms with Crippen LogP contribution in [0.5, 0.6) is 0 Å². The molecule has 1 aromatic heterocycles. The molecule has 20 heavy (non-hydrogen) atoms. The molecular formula is C13H15BrN2O2S2. The fraction of sp³-hybridized carbons (Fsp3) is 0.231. The number of nitrogens with two attached hydrogens (primary N) is 1. The first-order chi connectivity index (χ1) is 9.43. The zero-order valence-corrected chi connectivity index (χ0v) is 14.1. The molecule has 2 N–H and O–H groups in total. The van der Waals surface area contributed by atoms with Crippen molar-refractivity contribution in [3.05, 3.63) is 45.7 Å². The summed E-state index contributed by atoms with van der Waals surface area (Å²) in [4.78, 5) is 0. The molecule has 0 saturated carbocycles. The molecule has 0 radical (unpaired) electrons.